The second-order valence-electron chi connectivity index (χ2n) is 5.00. The number of halogens is 1. The summed E-state index contributed by atoms with van der Waals surface area (Å²) in [7, 11) is 1.48. The first-order valence-corrected chi connectivity index (χ1v) is 4.82. The summed E-state index contributed by atoms with van der Waals surface area (Å²) < 4.78 is 4.87. The standard InChI is InChI=1S/C10H17NO2.ClH/c1-9(2)5-10(8(12)13-3)6-11-4-7(9)10;/h7,11H,4-6H2,1-3H3;1H/t7-,10+;/m1./s1. The summed E-state index contributed by atoms with van der Waals surface area (Å²) in [5.41, 5.74) is 0.107. The van der Waals surface area contributed by atoms with E-state index in [1.165, 1.54) is 7.11 Å². The van der Waals surface area contributed by atoms with Gasteiger partial charge in [-0.05, 0) is 24.3 Å². The first-order valence-electron chi connectivity index (χ1n) is 4.82. The van der Waals surface area contributed by atoms with Gasteiger partial charge in [-0.15, -0.1) is 12.4 Å². The maximum Gasteiger partial charge on any atom is 0.313 e. The van der Waals surface area contributed by atoms with Crippen molar-refractivity contribution >= 4 is 18.4 Å². The lowest BCUT2D eigenvalue weighted by atomic mass is 9.48. The molecule has 1 saturated heterocycles. The first-order chi connectivity index (χ1) is 6.03. The molecule has 1 saturated carbocycles. The summed E-state index contributed by atoms with van der Waals surface area (Å²) >= 11 is 0. The van der Waals surface area contributed by atoms with E-state index in [1.807, 2.05) is 0 Å². The van der Waals surface area contributed by atoms with Gasteiger partial charge in [0.25, 0.3) is 0 Å². The summed E-state index contributed by atoms with van der Waals surface area (Å²) in [5.74, 6) is 0.439. The number of methoxy groups -OCH3 is 1. The Morgan fingerprint density at radius 3 is 2.64 bits per heavy atom. The van der Waals surface area contributed by atoms with Crippen LogP contribution in [-0.2, 0) is 9.53 Å². The average molecular weight is 220 g/mol. The van der Waals surface area contributed by atoms with Gasteiger partial charge in [-0.2, -0.15) is 0 Å². The van der Waals surface area contributed by atoms with Gasteiger partial charge in [-0.1, -0.05) is 13.8 Å². The number of ether oxygens (including phenoxy) is 1. The third-order valence-corrected chi connectivity index (χ3v) is 3.76. The maximum atomic E-state index is 11.6. The van der Waals surface area contributed by atoms with E-state index in [9.17, 15) is 4.79 Å². The summed E-state index contributed by atoms with van der Waals surface area (Å²) in [4.78, 5) is 11.6. The normalized spacial score (nSPS) is 37.8. The molecule has 0 bridgehead atoms. The predicted octanol–water partition coefficient (Wildman–Crippen LogP) is 1.22. The zero-order valence-electron chi connectivity index (χ0n) is 8.92. The highest BCUT2D eigenvalue weighted by atomic mass is 35.5. The minimum atomic E-state index is -0.196. The largest absolute Gasteiger partial charge is 0.469 e. The average Bonchev–Trinajstić information content (AvgIpc) is 2.43. The van der Waals surface area contributed by atoms with Gasteiger partial charge >= 0.3 is 5.97 Å². The number of fused-ring (bicyclic) bond motifs is 1. The minimum Gasteiger partial charge on any atom is -0.469 e. The lowest BCUT2D eigenvalue weighted by Crippen LogP contribution is -2.57. The highest BCUT2D eigenvalue weighted by molar-refractivity contribution is 5.85. The fraction of sp³-hybridized carbons (Fsp3) is 0.900. The van der Waals surface area contributed by atoms with E-state index in [1.54, 1.807) is 0 Å². The molecule has 0 amide bonds. The molecule has 1 N–H and O–H groups in total. The topological polar surface area (TPSA) is 38.3 Å². The van der Waals surface area contributed by atoms with E-state index >= 15 is 0 Å². The van der Waals surface area contributed by atoms with E-state index in [-0.39, 0.29) is 23.8 Å². The van der Waals surface area contributed by atoms with Gasteiger partial charge in [-0.25, -0.2) is 0 Å². The second-order valence-corrected chi connectivity index (χ2v) is 5.00. The van der Waals surface area contributed by atoms with Gasteiger partial charge in [0, 0.05) is 6.54 Å². The number of hydrogen-bond acceptors (Lipinski definition) is 3. The SMILES string of the molecule is COC(=O)[C@@]12CNC[C@@H]1C(C)(C)C2.Cl. The van der Waals surface area contributed by atoms with Crippen LogP contribution in [0.2, 0.25) is 0 Å². The Hall–Kier alpha value is -0.280. The number of carbonyl (C=O) groups excluding carboxylic acids is 1. The Balaban J connectivity index is 0.000000980. The van der Waals surface area contributed by atoms with Crippen molar-refractivity contribution in [2.45, 2.75) is 20.3 Å². The number of esters is 1. The van der Waals surface area contributed by atoms with Gasteiger partial charge in [0.2, 0.25) is 0 Å². The maximum absolute atomic E-state index is 11.6. The van der Waals surface area contributed by atoms with Crippen molar-refractivity contribution < 1.29 is 9.53 Å². The first kappa shape index (κ1) is 11.8. The molecule has 2 rings (SSSR count). The molecule has 0 aromatic carbocycles. The summed E-state index contributed by atoms with van der Waals surface area (Å²) in [6, 6.07) is 0. The Bertz CT molecular complexity index is 255. The molecule has 1 aliphatic heterocycles. The third-order valence-electron chi connectivity index (χ3n) is 3.76. The molecular formula is C10H18ClNO2. The molecule has 2 aliphatic rings. The molecule has 0 aromatic heterocycles. The molecule has 1 heterocycles. The lowest BCUT2D eigenvalue weighted by molar-refractivity contribution is -0.174. The second kappa shape index (κ2) is 3.38. The zero-order chi connectivity index (χ0) is 9.69. The molecule has 0 aromatic rings. The van der Waals surface area contributed by atoms with E-state index in [0.717, 1.165) is 19.5 Å². The molecule has 0 spiro atoms. The Kier molecular flexibility index (Phi) is 2.85. The van der Waals surface area contributed by atoms with Crippen LogP contribution in [0.5, 0.6) is 0 Å². The molecule has 4 heteroatoms. The van der Waals surface area contributed by atoms with Crippen LogP contribution < -0.4 is 5.32 Å². The van der Waals surface area contributed by atoms with Gasteiger partial charge in [-0.3, -0.25) is 4.79 Å². The molecule has 0 radical (unpaired) electrons. The van der Waals surface area contributed by atoms with Crippen LogP contribution in [0, 0.1) is 16.7 Å². The smallest absolute Gasteiger partial charge is 0.313 e. The van der Waals surface area contributed by atoms with E-state index in [4.69, 9.17) is 4.74 Å². The zero-order valence-corrected chi connectivity index (χ0v) is 9.74. The molecule has 3 nitrogen and oxygen atoms in total. The van der Waals surface area contributed by atoms with Crippen LogP contribution >= 0.6 is 12.4 Å². The van der Waals surface area contributed by atoms with E-state index < -0.39 is 0 Å². The molecule has 14 heavy (non-hydrogen) atoms. The molecular weight excluding hydrogens is 202 g/mol. The minimum absolute atomic E-state index is 0. The number of nitrogens with one attached hydrogen (secondary N) is 1. The third kappa shape index (κ3) is 1.26. The molecule has 0 unspecified atom stereocenters. The quantitative estimate of drug-likeness (QED) is 0.674. The summed E-state index contributed by atoms with van der Waals surface area (Å²) in [6.07, 6.45) is 0.963. The highest BCUT2D eigenvalue weighted by Gasteiger charge is 2.65. The van der Waals surface area contributed by atoms with Crippen molar-refractivity contribution in [2.24, 2.45) is 16.7 Å². The van der Waals surface area contributed by atoms with Gasteiger partial charge < -0.3 is 10.1 Å². The van der Waals surface area contributed by atoms with Crippen molar-refractivity contribution in [3.8, 4) is 0 Å². The summed E-state index contributed by atoms with van der Waals surface area (Å²) in [5, 5.41) is 3.30. The molecule has 82 valence electrons. The van der Waals surface area contributed by atoms with Crippen LogP contribution in [0.4, 0.5) is 0 Å². The lowest BCUT2D eigenvalue weighted by Gasteiger charge is -2.54. The monoisotopic (exact) mass is 219 g/mol. The van der Waals surface area contributed by atoms with Crippen LogP contribution in [-0.4, -0.2) is 26.2 Å². The molecule has 1 aliphatic carbocycles. The van der Waals surface area contributed by atoms with E-state index in [0.29, 0.717) is 11.3 Å². The van der Waals surface area contributed by atoms with Crippen molar-refractivity contribution in [1.29, 1.82) is 0 Å². The number of carbonyl (C=O) groups is 1. The van der Waals surface area contributed by atoms with Gasteiger partial charge in [0.05, 0.1) is 12.5 Å². The number of rotatable bonds is 1. The van der Waals surface area contributed by atoms with Crippen LogP contribution in [0.15, 0.2) is 0 Å². The van der Waals surface area contributed by atoms with Gasteiger partial charge in [0.15, 0.2) is 0 Å². The van der Waals surface area contributed by atoms with E-state index in [2.05, 4.69) is 19.2 Å². The Morgan fingerprint density at radius 2 is 2.14 bits per heavy atom. The van der Waals surface area contributed by atoms with Crippen LogP contribution in [0.3, 0.4) is 0 Å². The van der Waals surface area contributed by atoms with Crippen LogP contribution in [0.1, 0.15) is 20.3 Å². The fourth-order valence-corrected chi connectivity index (χ4v) is 3.26. The van der Waals surface area contributed by atoms with Crippen molar-refractivity contribution in [3.05, 3.63) is 0 Å². The number of hydrogen-bond donors (Lipinski definition) is 1. The van der Waals surface area contributed by atoms with Crippen LogP contribution in [0.25, 0.3) is 0 Å². The Morgan fingerprint density at radius 1 is 1.50 bits per heavy atom. The van der Waals surface area contributed by atoms with Crippen molar-refractivity contribution in [2.75, 3.05) is 20.2 Å². The van der Waals surface area contributed by atoms with Crippen molar-refractivity contribution in [1.82, 2.24) is 5.32 Å². The van der Waals surface area contributed by atoms with Gasteiger partial charge in [0.1, 0.15) is 0 Å². The predicted molar refractivity (Wildman–Crippen MR) is 56.5 cm³/mol. The van der Waals surface area contributed by atoms with Crippen molar-refractivity contribution in [3.63, 3.8) is 0 Å². The fourth-order valence-electron chi connectivity index (χ4n) is 3.26. The summed E-state index contributed by atoms with van der Waals surface area (Å²) in [6.45, 7) is 6.22. The Labute approximate surface area is 91.0 Å². The molecule has 2 fully saturated rings. The molecule has 2 atom stereocenters. The highest BCUT2D eigenvalue weighted by Crippen LogP contribution is 2.61.